The summed E-state index contributed by atoms with van der Waals surface area (Å²) in [5.74, 6) is 0.996. The van der Waals surface area contributed by atoms with Crippen molar-refractivity contribution in [3.05, 3.63) is 39.8 Å². The first-order chi connectivity index (χ1) is 14.1. The summed E-state index contributed by atoms with van der Waals surface area (Å²) in [6.45, 7) is 5.99. The highest BCUT2D eigenvalue weighted by Crippen LogP contribution is 2.33. The number of aromatic nitrogens is 1. The third-order valence-electron chi connectivity index (χ3n) is 4.61. The van der Waals surface area contributed by atoms with Crippen LogP contribution in [0.25, 0.3) is 0 Å². The lowest BCUT2D eigenvalue weighted by Gasteiger charge is -2.21. The van der Waals surface area contributed by atoms with E-state index in [1.807, 2.05) is 0 Å². The molecule has 1 N–H and O–H groups in total. The van der Waals surface area contributed by atoms with Crippen LogP contribution in [0.5, 0.6) is 11.5 Å². The molecule has 7 nitrogen and oxygen atoms in total. The molecule has 0 saturated carbocycles. The lowest BCUT2D eigenvalue weighted by atomic mass is 10.1. The van der Waals surface area contributed by atoms with Crippen LogP contribution in [0, 0.1) is 0 Å². The Bertz CT molecular complexity index is 852. The summed E-state index contributed by atoms with van der Waals surface area (Å²) in [7, 11) is 0. The van der Waals surface area contributed by atoms with E-state index in [9.17, 15) is 9.59 Å². The molecular weight excluding hydrogens is 390 g/mol. The molecule has 0 radical (unpaired) electrons. The van der Waals surface area contributed by atoms with Crippen LogP contribution in [0.4, 0.5) is 0 Å². The van der Waals surface area contributed by atoms with Gasteiger partial charge in [-0.1, -0.05) is 26.7 Å². The Kier molecular flexibility index (Phi) is 7.46. The molecule has 29 heavy (non-hydrogen) atoms. The fourth-order valence-electron chi connectivity index (χ4n) is 2.93. The Morgan fingerprint density at radius 3 is 2.76 bits per heavy atom. The number of amides is 2. The molecule has 0 saturated heterocycles. The zero-order valence-corrected chi connectivity index (χ0v) is 17.7. The highest BCUT2D eigenvalue weighted by molar-refractivity contribution is 7.09. The van der Waals surface area contributed by atoms with Gasteiger partial charge in [-0.3, -0.25) is 9.59 Å². The van der Waals surface area contributed by atoms with Crippen molar-refractivity contribution >= 4 is 23.2 Å². The van der Waals surface area contributed by atoms with Gasteiger partial charge >= 0.3 is 0 Å². The molecule has 2 amide bonds. The number of hydrogen-bond donors (Lipinski definition) is 1. The van der Waals surface area contributed by atoms with Gasteiger partial charge in [-0.05, 0) is 31.0 Å². The summed E-state index contributed by atoms with van der Waals surface area (Å²) in [5.41, 5.74) is 0.964. The minimum absolute atomic E-state index is 0.0825. The summed E-state index contributed by atoms with van der Waals surface area (Å²) in [5, 5.41) is 5.37. The quantitative estimate of drug-likeness (QED) is 0.594. The van der Waals surface area contributed by atoms with Crippen LogP contribution in [-0.4, -0.2) is 41.6 Å². The van der Waals surface area contributed by atoms with Crippen molar-refractivity contribution in [3.8, 4) is 11.5 Å². The highest BCUT2D eigenvalue weighted by Gasteiger charge is 2.21. The first-order valence-corrected chi connectivity index (χ1v) is 10.9. The number of benzene rings is 1. The van der Waals surface area contributed by atoms with Gasteiger partial charge in [0.1, 0.15) is 10.7 Å². The Hall–Kier alpha value is -2.61. The number of thiazole rings is 1. The molecular formula is C21H27N3O4S. The average molecular weight is 418 g/mol. The molecule has 1 aliphatic heterocycles. The zero-order valence-electron chi connectivity index (χ0n) is 16.9. The van der Waals surface area contributed by atoms with Crippen LogP contribution in [0.3, 0.4) is 0 Å². The van der Waals surface area contributed by atoms with E-state index in [4.69, 9.17) is 9.47 Å². The molecule has 3 rings (SSSR count). The molecule has 8 heteroatoms. The minimum atomic E-state index is -0.164. The number of rotatable bonds is 10. The molecule has 0 spiro atoms. The predicted molar refractivity (Wildman–Crippen MR) is 112 cm³/mol. The van der Waals surface area contributed by atoms with Crippen molar-refractivity contribution in [3.63, 3.8) is 0 Å². The summed E-state index contributed by atoms with van der Waals surface area (Å²) < 4.78 is 10.7. The maximum Gasteiger partial charge on any atom is 0.270 e. The van der Waals surface area contributed by atoms with Crippen molar-refractivity contribution in [1.82, 2.24) is 15.2 Å². The van der Waals surface area contributed by atoms with Crippen molar-refractivity contribution < 1.29 is 19.1 Å². The smallest absolute Gasteiger partial charge is 0.270 e. The van der Waals surface area contributed by atoms with Crippen molar-refractivity contribution in [2.24, 2.45) is 0 Å². The normalized spacial score (nSPS) is 12.1. The van der Waals surface area contributed by atoms with Crippen LogP contribution in [0.15, 0.2) is 23.6 Å². The second kappa shape index (κ2) is 10.2. The lowest BCUT2D eigenvalue weighted by molar-refractivity contribution is 0.0740. The summed E-state index contributed by atoms with van der Waals surface area (Å²) in [6.07, 6.45) is 3.84. The van der Waals surface area contributed by atoms with E-state index < -0.39 is 0 Å². The fraction of sp³-hybridized carbons (Fsp3) is 0.476. The van der Waals surface area contributed by atoms with Gasteiger partial charge in [0.05, 0.1) is 6.54 Å². The molecule has 0 fully saturated rings. The molecule has 0 aliphatic carbocycles. The second-order valence-corrected chi connectivity index (χ2v) is 7.83. The average Bonchev–Trinajstić information content (AvgIpc) is 3.39. The monoisotopic (exact) mass is 417 g/mol. The van der Waals surface area contributed by atoms with Crippen molar-refractivity contribution in [2.75, 3.05) is 19.9 Å². The predicted octanol–water partition coefficient (Wildman–Crippen LogP) is 3.84. The Labute approximate surface area is 175 Å². The molecule has 156 valence electrons. The van der Waals surface area contributed by atoms with E-state index in [2.05, 4.69) is 24.1 Å². The number of nitrogens with zero attached hydrogens (tertiary/aromatic N) is 2. The number of carbonyl (C=O) groups excluding carboxylic acids is 2. The zero-order chi connectivity index (χ0) is 20.6. The van der Waals surface area contributed by atoms with Crippen molar-refractivity contribution in [1.29, 1.82) is 0 Å². The molecule has 0 atom stereocenters. The minimum Gasteiger partial charge on any atom is -0.454 e. The van der Waals surface area contributed by atoms with Gasteiger partial charge in [0.15, 0.2) is 11.5 Å². The molecule has 1 aromatic heterocycles. The molecule has 0 bridgehead atoms. The first kappa shape index (κ1) is 21.1. The fourth-order valence-corrected chi connectivity index (χ4v) is 3.72. The van der Waals surface area contributed by atoms with E-state index in [0.717, 1.165) is 30.7 Å². The summed E-state index contributed by atoms with van der Waals surface area (Å²) in [6, 6.07) is 5.23. The van der Waals surface area contributed by atoms with Gasteiger partial charge in [0.2, 0.25) is 6.79 Å². The lowest BCUT2D eigenvalue weighted by Crippen LogP contribution is -2.31. The van der Waals surface area contributed by atoms with E-state index >= 15 is 0 Å². The number of nitrogens with one attached hydrogen (secondary N) is 1. The number of fused-ring (bicyclic) bond motifs is 1. The van der Waals surface area contributed by atoms with Crippen LogP contribution in [-0.2, 0) is 6.54 Å². The van der Waals surface area contributed by atoms with Gasteiger partial charge in [0, 0.05) is 24.0 Å². The molecule has 1 aliphatic rings. The van der Waals surface area contributed by atoms with E-state index in [0.29, 0.717) is 42.4 Å². The number of unbranched alkanes of at least 4 members (excludes halogenated alkanes) is 2. The van der Waals surface area contributed by atoms with Crippen molar-refractivity contribution in [2.45, 2.75) is 46.1 Å². The third-order valence-corrected chi connectivity index (χ3v) is 5.45. The van der Waals surface area contributed by atoms with Gasteiger partial charge < -0.3 is 19.7 Å². The van der Waals surface area contributed by atoms with Crippen LogP contribution < -0.4 is 14.8 Å². The maximum atomic E-state index is 13.1. The van der Waals surface area contributed by atoms with Crippen LogP contribution in [0.1, 0.15) is 65.4 Å². The summed E-state index contributed by atoms with van der Waals surface area (Å²) >= 11 is 1.40. The highest BCUT2D eigenvalue weighted by atomic mass is 32.1. The second-order valence-electron chi connectivity index (χ2n) is 6.88. The number of hydrogen-bond acceptors (Lipinski definition) is 6. The molecule has 2 aromatic rings. The Morgan fingerprint density at radius 2 is 1.97 bits per heavy atom. The van der Waals surface area contributed by atoms with Crippen LogP contribution in [0.2, 0.25) is 0 Å². The van der Waals surface area contributed by atoms with E-state index in [1.54, 1.807) is 28.5 Å². The van der Waals surface area contributed by atoms with Gasteiger partial charge in [-0.15, -0.1) is 11.3 Å². The van der Waals surface area contributed by atoms with Gasteiger partial charge in [0.25, 0.3) is 11.8 Å². The molecule has 0 unspecified atom stereocenters. The SMILES string of the molecule is CCCCNC(=O)c1csc(CN(CCCC)C(=O)c2ccc3c(c2)OCO3)n1. The summed E-state index contributed by atoms with van der Waals surface area (Å²) in [4.78, 5) is 31.5. The number of carbonyl (C=O) groups is 2. The Morgan fingerprint density at radius 1 is 1.17 bits per heavy atom. The standard InChI is InChI=1S/C21H27N3O4S/c1-3-5-9-22-20(25)16-13-29-19(23-16)12-24(10-6-4-2)21(26)15-7-8-17-18(11-15)28-14-27-17/h7-8,11,13H,3-6,9-10,12,14H2,1-2H3,(H,22,25). The first-order valence-electron chi connectivity index (χ1n) is 10.0. The van der Waals surface area contributed by atoms with E-state index in [1.165, 1.54) is 11.3 Å². The van der Waals surface area contributed by atoms with Crippen LogP contribution >= 0.6 is 11.3 Å². The van der Waals surface area contributed by atoms with Gasteiger partial charge in [-0.25, -0.2) is 4.98 Å². The largest absolute Gasteiger partial charge is 0.454 e. The topological polar surface area (TPSA) is 80.8 Å². The third kappa shape index (κ3) is 5.47. The Balaban J connectivity index is 1.69. The molecule has 1 aromatic carbocycles. The number of ether oxygens (including phenoxy) is 2. The maximum absolute atomic E-state index is 13.1. The van der Waals surface area contributed by atoms with Gasteiger partial charge in [-0.2, -0.15) is 0 Å². The van der Waals surface area contributed by atoms with E-state index in [-0.39, 0.29) is 18.6 Å². The molecule has 2 heterocycles.